The molecule has 0 aromatic rings. The van der Waals surface area contributed by atoms with Crippen molar-refractivity contribution in [1.29, 1.82) is 0 Å². The number of carboxylic acid groups (broad SMARTS) is 1. The number of rotatable bonds is 6. The summed E-state index contributed by atoms with van der Waals surface area (Å²) in [6.07, 6.45) is 3.36. The van der Waals surface area contributed by atoms with Crippen LogP contribution in [0.4, 0.5) is 4.79 Å². The molecule has 1 N–H and O–H groups in total. The Morgan fingerprint density at radius 1 is 1.20 bits per heavy atom. The Kier molecular flexibility index (Phi) is 5.23. The summed E-state index contributed by atoms with van der Waals surface area (Å²) < 4.78 is 0. The van der Waals surface area contributed by atoms with Crippen LogP contribution in [0.25, 0.3) is 0 Å². The molecule has 2 amide bonds. The van der Waals surface area contributed by atoms with Crippen molar-refractivity contribution < 1.29 is 14.7 Å². The molecule has 1 aliphatic carbocycles. The van der Waals surface area contributed by atoms with E-state index in [1.165, 1.54) is 4.90 Å². The fourth-order valence-electron chi connectivity index (χ4n) is 2.66. The molecule has 114 valence electrons. The van der Waals surface area contributed by atoms with Gasteiger partial charge in [0.15, 0.2) is 0 Å². The van der Waals surface area contributed by atoms with Gasteiger partial charge in [-0.15, -0.1) is 0 Å². The highest BCUT2D eigenvalue weighted by atomic mass is 16.4. The minimum absolute atomic E-state index is 0.101. The third-order valence-electron chi connectivity index (χ3n) is 3.95. The number of amides is 2. The maximum Gasteiger partial charge on any atom is 0.323 e. The predicted molar refractivity (Wildman–Crippen MR) is 75.6 cm³/mol. The van der Waals surface area contributed by atoms with Gasteiger partial charge in [0.25, 0.3) is 0 Å². The summed E-state index contributed by atoms with van der Waals surface area (Å²) in [5.74, 6) is -0.414. The van der Waals surface area contributed by atoms with Crippen LogP contribution in [0, 0.1) is 5.92 Å². The number of hydrogen-bond donors (Lipinski definition) is 1. The number of nitrogens with zero attached hydrogens (tertiary/aromatic N) is 3. The van der Waals surface area contributed by atoms with Gasteiger partial charge in [0.05, 0.1) is 0 Å². The molecule has 0 atom stereocenters. The van der Waals surface area contributed by atoms with E-state index in [2.05, 4.69) is 11.8 Å². The molecule has 20 heavy (non-hydrogen) atoms. The molecule has 1 saturated heterocycles. The molecule has 0 aromatic carbocycles. The fraction of sp³-hybridized carbons (Fsp3) is 0.857. The van der Waals surface area contributed by atoms with Crippen LogP contribution in [0.15, 0.2) is 0 Å². The Labute approximate surface area is 120 Å². The lowest BCUT2D eigenvalue weighted by atomic mass is 10.3. The van der Waals surface area contributed by atoms with Crippen LogP contribution in [0.1, 0.15) is 26.2 Å². The number of aliphatic carboxylic acids is 1. The lowest BCUT2D eigenvalue weighted by Crippen LogP contribution is -2.54. The minimum Gasteiger partial charge on any atom is -0.480 e. The van der Waals surface area contributed by atoms with Crippen molar-refractivity contribution in [3.05, 3.63) is 0 Å². The van der Waals surface area contributed by atoms with Crippen LogP contribution in [0.2, 0.25) is 0 Å². The molecule has 0 bridgehead atoms. The summed E-state index contributed by atoms with van der Waals surface area (Å²) in [5, 5.41) is 8.96. The van der Waals surface area contributed by atoms with Crippen LogP contribution in [0.3, 0.4) is 0 Å². The Balaban J connectivity index is 1.85. The monoisotopic (exact) mass is 283 g/mol. The molecule has 0 aromatic heterocycles. The Morgan fingerprint density at radius 3 is 2.35 bits per heavy atom. The van der Waals surface area contributed by atoms with Gasteiger partial charge in [-0.3, -0.25) is 9.69 Å². The third kappa shape index (κ3) is 4.37. The molecule has 2 rings (SSSR count). The van der Waals surface area contributed by atoms with Gasteiger partial charge in [0.2, 0.25) is 0 Å². The second-order valence-corrected chi connectivity index (χ2v) is 5.83. The van der Waals surface area contributed by atoms with E-state index in [0.717, 1.165) is 38.9 Å². The Bertz CT molecular complexity index is 350. The van der Waals surface area contributed by atoms with Gasteiger partial charge in [0.1, 0.15) is 6.54 Å². The number of carbonyl (C=O) groups excluding carboxylic acids is 1. The first-order valence-electron chi connectivity index (χ1n) is 7.58. The van der Waals surface area contributed by atoms with E-state index in [1.54, 1.807) is 4.90 Å². The Morgan fingerprint density at radius 2 is 1.85 bits per heavy atom. The summed E-state index contributed by atoms with van der Waals surface area (Å²) >= 11 is 0. The molecule has 0 spiro atoms. The van der Waals surface area contributed by atoms with Gasteiger partial charge in [-0.25, -0.2) is 4.79 Å². The zero-order chi connectivity index (χ0) is 14.5. The first-order valence-corrected chi connectivity index (χ1v) is 7.58. The SMILES string of the molecule is CCCN1CCN(C(=O)N(CC(=O)O)CC2CC2)CC1. The van der Waals surface area contributed by atoms with Crippen LogP contribution in [-0.4, -0.2) is 77.6 Å². The fourth-order valence-corrected chi connectivity index (χ4v) is 2.66. The van der Waals surface area contributed by atoms with E-state index in [0.29, 0.717) is 25.6 Å². The van der Waals surface area contributed by atoms with Gasteiger partial charge in [-0.1, -0.05) is 6.92 Å². The molecule has 1 heterocycles. The maximum atomic E-state index is 12.4. The minimum atomic E-state index is -0.927. The van der Waals surface area contributed by atoms with Crippen LogP contribution in [-0.2, 0) is 4.79 Å². The molecule has 6 heteroatoms. The molecule has 1 aliphatic heterocycles. The standard InChI is InChI=1S/C14H25N3O3/c1-2-5-15-6-8-16(9-7-15)14(20)17(11-13(18)19)10-12-3-4-12/h12H,2-11H2,1H3,(H,18,19). The molecule has 2 aliphatic rings. The molecule has 1 saturated carbocycles. The molecule has 0 radical (unpaired) electrons. The summed E-state index contributed by atoms with van der Waals surface area (Å²) in [7, 11) is 0. The van der Waals surface area contributed by atoms with Gasteiger partial charge >= 0.3 is 12.0 Å². The average Bonchev–Trinajstić information content (AvgIpc) is 3.22. The highest BCUT2D eigenvalue weighted by molar-refractivity contribution is 5.80. The highest BCUT2D eigenvalue weighted by Gasteiger charge is 2.31. The topological polar surface area (TPSA) is 64.1 Å². The van der Waals surface area contributed by atoms with E-state index in [9.17, 15) is 9.59 Å². The van der Waals surface area contributed by atoms with Crippen molar-refractivity contribution in [1.82, 2.24) is 14.7 Å². The van der Waals surface area contributed by atoms with Gasteiger partial charge < -0.3 is 14.9 Å². The quantitative estimate of drug-likeness (QED) is 0.787. The van der Waals surface area contributed by atoms with Gasteiger partial charge in [0, 0.05) is 32.7 Å². The smallest absolute Gasteiger partial charge is 0.323 e. The van der Waals surface area contributed by atoms with Crippen LogP contribution < -0.4 is 0 Å². The molecular weight excluding hydrogens is 258 g/mol. The van der Waals surface area contributed by atoms with Crippen molar-refractivity contribution in [3.63, 3.8) is 0 Å². The number of piperazine rings is 1. The number of hydrogen-bond acceptors (Lipinski definition) is 3. The normalized spacial score (nSPS) is 19.9. The second-order valence-electron chi connectivity index (χ2n) is 5.83. The van der Waals surface area contributed by atoms with Crippen molar-refractivity contribution in [2.75, 3.05) is 45.8 Å². The predicted octanol–water partition coefficient (Wildman–Crippen LogP) is 0.931. The summed E-state index contributed by atoms with van der Waals surface area (Å²) in [6.45, 7) is 6.85. The highest BCUT2D eigenvalue weighted by Crippen LogP contribution is 2.30. The molecule has 2 fully saturated rings. The van der Waals surface area contributed by atoms with E-state index in [-0.39, 0.29) is 12.6 Å². The van der Waals surface area contributed by atoms with Crippen LogP contribution in [0.5, 0.6) is 0 Å². The van der Waals surface area contributed by atoms with Gasteiger partial charge in [-0.05, 0) is 31.7 Å². The van der Waals surface area contributed by atoms with E-state index < -0.39 is 5.97 Å². The average molecular weight is 283 g/mol. The van der Waals surface area contributed by atoms with Crippen molar-refractivity contribution >= 4 is 12.0 Å². The summed E-state index contributed by atoms with van der Waals surface area (Å²) in [5.41, 5.74) is 0. The zero-order valence-corrected chi connectivity index (χ0v) is 12.3. The van der Waals surface area contributed by atoms with Crippen LogP contribution >= 0.6 is 0 Å². The lowest BCUT2D eigenvalue weighted by Gasteiger charge is -2.37. The van der Waals surface area contributed by atoms with Crippen molar-refractivity contribution in [2.24, 2.45) is 5.92 Å². The van der Waals surface area contributed by atoms with E-state index >= 15 is 0 Å². The summed E-state index contributed by atoms with van der Waals surface area (Å²) in [4.78, 5) is 29.0. The summed E-state index contributed by atoms with van der Waals surface area (Å²) in [6, 6.07) is -0.101. The van der Waals surface area contributed by atoms with Crippen molar-refractivity contribution in [3.8, 4) is 0 Å². The maximum absolute atomic E-state index is 12.4. The third-order valence-corrected chi connectivity index (χ3v) is 3.95. The van der Waals surface area contributed by atoms with Crippen molar-refractivity contribution in [2.45, 2.75) is 26.2 Å². The molecule has 0 unspecified atom stereocenters. The number of urea groups is 1. The largest absolute Gasteiger partial charge is 0.480 e. The molecular formula is C14H25N3O3. The lowest BCUT2D eigenvalue weighted by molar-refractivity contribution is -0.137. The number of carboxylic acids is 1. The zero-order valence-electron chi connectivity index (χ0n) is 12.3. The first-order chi connectivity index (χ1) is 9.60. The molecule has 6 nitrogen and oxygen atoms in total. The Hall–Kier alpha value is -1.30. The van der Waals surface area contributed by atoms with E-state index in [4.69, 9.17) is 5.11 Å². The number of carbonyl (C=O) groups is 2. The van der Waals surface area contributed by atoms with E-state index in [1.807, 2.05) is 0 Å². The van der Waals surface area contributed by atoms with Gasteiger partial charge in [-0.2, -0.15) is 0 Å². The second kappa shape index (κ2) is 6.92. The first kappa shape index (κ1) is 15.1.